The van der Waals surface area contributed by atoms with Gasteiger partial charge in [-0.05, 0) is 37.0 Å². The fraction of sp³-hybridized carbons (Fsp3) is 0.455. The third-order valence-corrected chi connectivity index (χ3v) is 4.19. The summed E-state index contributed by atoms with van der Waals surface area (Å²) in [5.41, 5.74) is 6.33. The van der Waals surface area contributed by atoms with E-state index in [-0.39, 0.29) is 5.94 Å². The average Bonchev–Trinajstić information content (AvgIpc) is 3.01. The SMILES string of the molecule is Nc1cc(Br)ccc1S(=O)COCC1CC1. The standard InChI is InChI=1S/C11H14BrNO2S/c12-9-3-4-11(10(13)5-9)16(14)7-15-6-8-1-2-8/h3-5,8H,1-2,6-7,13H2. The molecule has 0 radical (unpaired) electrons. The molecule has 1 atom stereocenters. The van der Waals surface area contributed by atoms with Crippen molar-refractivity contribution in [2.45, 2.75) is 17.7 Å². The maximum absolute atomic E-state index is 11.9. The molecule has 88 valence electrons. The van der Waals surface area contributed by atoms with Crippen LogP contribution in [0.5, 0.6) is 0 Å². The quantitative estimate of drug-likeness (QED) is 0.851. The summed E-state index contributed by atoms with van der Waals surface area (Å²) in [5, 5.41) is 0. The zero-order valence-corrected chi connectivity index (χ0v) is 11.2. The van der Waals surface area contributed by atoms with Crippen molar-refractivity contribution in [2.24, 2.45) is 5.92 Å². The third-order valence-electron chi connectivity index (χ3n) is 2.46. The maximum atomic E-state index is 11.9. The molecule has 1 saturated carbocycles. The van der Waals surface area contributed by atoms with Gasteiger partial charge in [0.1, 0.15) is 5.94 Å². The van der Waals surface area contributed by atoms with Crippen molar-refractivity contribution in [2.75, 3.05) is 18.3 Å². The van der Waals surface area contributed by atoms with Gasteiger partial charge in [-0.2, -0.15) is 0 Å². The van der Waals surface area contributed by atoms with Gasteiger partial charge in [-0.15, -0.1) is 0 Å². The lowest BCUT2D eigenvalue weighted by Crippen LogP contribution is -2.07. The van der Waals surface area contributed by atoms with E-state index in [2.05, 4.69) is 15.9 Å². The first-order valence-electron chi connectivity index (χ1n) is 5.18. The molecule has 1 aliphatic rings. The minimum absolute atomic E-state index is 0.238. The molecule has 0 heterocycles. The normalized spacial score (nSPS) is 17.3. The summed E-state index contributed by atoms with van der Waals surface area (Å²) in [5.74, 6) is 0.932. The van der Waals surface area contributed by atoms with Gasteiger partial charge < -0.3 is 10.5 Å². The molecule has 0 aliphatic heterocycles. The van der Waals surface area contributed by atoms with Crippen LogP contribution in [0.3, 0.4) is 0 Å². The molecular formula is C11H14BrNO2S. The smallest absolute Gasteiger partial charge is 0.126 e. The fourth-order valence-electron chi connectivity index (χ4n) is 1.37. The van der Waals surface area contributed by atoms with E-state index in [1.165, 1.54) is 12.8 Å². The Morgan fingerprint density at radius 3 is 2.88 bits per heavy atom. The van der Waals surface area contributed by atoms with Crippen molar-refractivity contribution < 1.29 is 8.95 Å². The molecule has 1 aromatic rings. The number of ether oxygens (including phenoxy) is 1. The van der Waals surface area contributed by atoms with Gasteiger partial charge in [0, 0.05) is 10.2 Å². The lowest BCUT2D eigenvalue weighted by Gasteiger charge is -2.06. The van der Waals surface area contributed by atoms with Crippen LogP contribution >= 0.6 is 15.9 Å². The number of anilines is 1. The maximum Gasteiger partial charge on any atom is 0.126 e. The Hall–Kier alpha value is -0.390. The van der Waals surface area contributed by atoms with Gasteiger partial charge in [0.05, 0.1) is 22.3 Å². The Balaban J connectivity index is 1.91. The van der Waals surface area contributed by atoms with Crippen molar-refractivity contribution in [1.29, 1.82) is 0 Å². The van der Waals surface area contributed by atoms with Crippen molar-refractivity contribution in [3.05, 3.63) is 22.7 Å². The Bertz CT molecular complexity index is 407. The Kier molecular flexibility index (Phi) is 4.00. The van der Waals surface area contributed by atoms with Gasteiger partial charge >= 0.3 is 0 Å². The lowest BCUT2D eigenvalue weighted by atomic mass is 10.3. The second-order valence-corrected chi connectivity index (χ2v) is 6.24. The molecule has 0 aromatic heterocycles. The number of hydrogen-bond acceptors (Lipinski definition) is 3. The van der Waals surface area contributed by atoms with E-state index in [1.807, 2.05) is 6.07 Å². The molecule has 2 rings (SSSR count). The molecule has 0 bridgehead atoms. The predicted octanol–water partition coefficient (Wildman–Crippen LogP) is 2.52. The molecule has 0 spiro atoms. The highest BCUT2D eigenvalue weighted by atomic mass is 79.9. The second-order valence-electron chi connectivity index (χ2n) is 3.96. The van der Waals surface area contributed by atoms with Gasteiger partial charge in [-0.3, -0.25) is 4.21 Å². The number of halogens is 1. The highest BCUT2D eigenvalue weighted by Gasteiger charge is 2.21. The van der Waals surface area contributed by atoms with Crippen LogP contribution in [0.2, 0.25) is 0 Å². The van der Waals surface area contributed by atoms with Crippen molar-refractivity contribution >= 4 is 32.4 Å². The highest BCUT2D eigenvalue weighted by molar-refractivity contribution is 9.10. The minimum Gasteiger partial charge on any atom is -0.398 e. The van der Waals surface area contributed by atoms with Gasteiger partial charge in [-0.25, -0.2) is 0 Å². The average molecular weight is 304 g/mol. The molecule has 3 nitrogen and oxygen atoms in total. The van der Waals surface area contributed by atoms with Crippen LogP contribution in [0, 0.1) is 5.92 Å². The van der Waals surface area contributed by atoms with E-state index in [4.69, 9.17) is 10.5 Å². The van der Waals surface area contributed by atoms with Crippen molar-refractivity contribution in [3.8, 4) is 0 Å². The van der Waals surface area contributed by atoms with Crippen LogP contribution in [0.15, 0.2) is 27.6 Å². The van der Waals surface area contributed by atoms with E-state index < -0.39 is 10.8 Å². The van der Waals surface area contributed by atoms with Crippen LogP contribution in [0.1, 0.15) is 12.8 Å². The number of nitrogen functional groups attached to an aromatic ring is 1. The molecule has 0 amide bonds. The van der Waals surface area contributed by atoms with E-state index in [9.17, 15) is 4.21 Å². The Morgan fingerprint density at radius 1 is 1.50 bits per heavy atom. The summed E-state index contributed by atoms with van der Waals surface area (Å²) < 4.78 is 18.2. The van der Waals surface area contributed by atoms with Gasteiger partial charge in [0.2, 0.25) is 0 Å². The summed E-state index contributed by atoms with van der Waals surface area (Å²) in [7, 11) is -1.16. The lowest BCUT2D eigenvalue weighted by molar-refractivity contribution is 0.168. The summed E-state index contributed by atoms with van der Waals surface area (Å²) in [6.45, 7) is 0.724. The van der Waals surface area contributed by atoms with Crippen LogP contribution in [-0.4, -0.2) is 16.8 Å². The van der Waals surface area contributed by atoms with Gasteiger partial charge in [-0.1, -0.05) is 15.9 Å². The zero-order chi connectivity index (χ0) is 11.5. The number of hydrogen-bond donors (Lipinski definition) is 1. The number of nitrogens with two attached hydrogens (primary N) is 1. The number of benzene rings is 1. The molecule has 5 heteroatoms. The molecule has 2 N–H and O–H groups in total. The minimum atomic E-state index is -1.16. The van der Waals surface area contributed by atoms with Crippen molar-refractivity contribution in [1.82, 2.24) is 0 Å². The summed E-state index contributed by atoms with van der Waals surface area (Å²) in [4.78, 5) is 0.652. The Labute approximate surface area is 106 Å². The second kappa shape index (κ2) is 5.29. The molecular weight excluding hydrogens is 290 g/mol. The fourth-order valence-corrected chi connectivity index (χ4v) is 2.66. The first-order valence-corrected chi connectivity index (χ1v) is 7.29. The molecule has 1 aliphatic carbocycles. The van der Waals surface area contributed by atoms with E-state index >= 15 is 0 Å². The van der Waals surface area contributed by atoms with E-state index in [1.54, 1.807) is 12.1 Å². The zero-order valence-electron chi connectivity index (χ0n) is 8.82. The highest BCUT2D eigenvalue weighted by Crippen LogP contribution is 2.29. The Morgan fingerprint density at radius 2 is 2.25 bits per heavy atom. The van der Waals surface area contributed by atoms with Gasteiger partial charge in [0.15, 0.2) is 0 Å². The van der Waals surface area contributed by atoms with Crippen molar-refractivity contribution in [3.63, 3.8) is 0 Å². The van der Waals surface area contributed by atoms with Crippen LogP contribution in [-0.2, 0) is 15.5 Å². The van der Waals surface area contributed by atoms with Crippen LogP contribution in [0.25, 0.3) is 0 Å². The molecule has 1 fully saturated rings. The van der Waals surface area contributed by atoms with Crippen LogP contribution in [0.4, 0.5) is 5.69 Å². The predicted molar refractivity (Wildman–Crippen MR) is 68.5 cm³/mol. The topological polar surface area (TPSA) is 52.3 Å². The first kappa shape index (κ1) is 12.1. The third kappa shape index (κ3) is 3.30. The van der Waals surface area contributed by atoms with E-state index in [0.717, 1.165) is 11.1 Å². The van der Waals surface area contributed by atoms with E-state index in [0.29, 0.717) is 16.5 Å². The largest absolute Gasteiger partial charge is 0.398 e. The summed E-state index contributed by atoms with van der Waals surface area (Å²) >= 11 is 3.32. The molecule has 1 unspecified atom stereocenters. The van der Waals surface area contributed by atoms with Crippen LogP contribution < -0.4 is 5.73 Å². The molecule has 16 heavy (non-hydrogen) atoms. The monoisotopic (exact) mass is 303 g/mol. The summed E-state index contributed by atoms with van der Waals surface area (Å²) in [6, 6.07) is 5.37. The van der Waals surface area contributed by atoms with Gasteiger partial charge in [0.25, 0.3) is 0 Å². The molecule has 1 aromatic carbocycles. The summed E-state index contributed by atoms with van der Waals surface area (Å²) in [6.07, 6.45) is 2.49. The number of rotatable bonds is 5. The first-order chi connectivity index (χ1) is 7.66. The molecule has 0 saturated heterocycles.